The summed E-state index contributed by atoms with van der Waals surface area (Å²) in [5, 5.41) is 9.63. The van der Waals surface area contributed by atoms with E-state index in [-0.39, 0.29) is 29.4 Å². The Balaban J connectivity index is 2.15. The van der Waals surface area contributed by atoms with Gasteiger partial charge in [-0.25, -0.2) is 0 Å². The number of aromatic nitrogens is 1. The number of anilines is 1. The van der Waals surface area contributed by atoms with Crippen LogP contribution in [0.2, 0.25) is 0 Å². The second-order valence-electron chi connectivity index (χ2n) is 8.40. The lowest BCUT2D eigenvalue weighted by Gasteiger charge is -2.35. The molecule has 0 bridgehead atoms. The van der Waals surface area contributed by atoms with Crippen molar-refractivity contribution in [2.45, 2.75) is 46.6 Å². The van der Waals surface area contributed by atoms with Crippen LogP contribution in [0.15, 0.2) is 9.70 Å². The predicted molar refractivity (Wildman–Crippen MR) is 133 cm³/mol. The summed E-state index contributed by atoms with van der Waals surface area (Å²) in [5.41, 5.74) is 0.743. The highest BCUT2D eigenvalue weighted by molar-refractivity contribution is 8.26. The predicted octanol–water partition coefficient (Wildman–Crippen LogP) is 2.95. The molecule has 0 aromatic carbocycles. The number of carbonyl (C=O) groups is 2. The van der Waals surface area contributed by atoms with Crippen LogP contribution in [-0.2, 0) is 21.4 Å². The fourth-order valence-corrected chi connectivity index (χ4v) is 5.78. The molecule has 3 heterocycles. The second kappa shape index (κ2) is 10.1. The molecule has 1 aromatic heterocycles. The van der Waals surface area contributed by atoms with E-state index in [1.165, 1.54) is 16.3 Å². The Hall–Kier alpha value is -2.64. The van der Waals surface area contributed by atoms with Gasteiger partial charge in [0.1, 0.15) is 21.8 Å². The Kier molecular flexibility index (Phi) is 7.65. The molecular weight excluding hydrogens is 460 g/mol. The number of ether oxygens (including phenoxy) is 1. The molecule has 1 aromatic rings. The molecule has 1 amide bonds. The molecule has 8 nitrogen and oxygen atoms in total. The molecule has 2 aliphatic heterocycles. The van der Waals surface area contributed by atoms with Crippen molar-refractivity contribution < 1.29 is 14.3 Å². The Morgan fingerprint density at radius 3 is 2.67 bits per heavy atom. The van der Waals surface area contributed by atoms with E-state index in [2.05, 4.69) is 0 Å². The lowest BCUT2D eigenvalue weighted by Crippen LogP contribution is -2.42. The quantitative estimate of drug-likeness (QED) is 0.355. The molecule has 0 spiro atoms. The monoisotopic (exact) mass is 488 g/mol. The van der Waals surface area contributed by atoms with Gasteiger partial charge in [-0.05, 0) is 52.2 Å². The molecule has 0 saturated carbocycles. The lowest BCUT2D eigenvalue weighted by molar-refractivity contribution is -0.148. The molecule has 0 N–H and O–H groups in total. The third kappa shape index (κ3) is 4.70. The highest BCUT2D eigenvalue weighted by Gasteiger charge is 2.35. The van der Waals surface area contributed by atoms with Gasteiger partial charge in [-0.2, -0.15) is 5.26 Å². The van der Waals surface area contributed by atoms with Crippen molar-refractivity contribution in [3.8, 4) is 6.07 Å². The first-order valence-electron chi connectivity index (χ1n) is 10.9. The molecule has 0 aliphatic carbocycles. The molecule has 1 atom stereocenters. The summed E-state index contributed by atoms with van der Waals surface area (Å²) in [5.74, 6) is -0.172. The number of amides is 1. The average Bonchev–Trinajstić information content (AvgIpc) is 3.05. The molecule has 3 rings (SSSR count). The van der Waals surface area contributed by atoms with Gasteiger partial charge in [0.15, 0.2) is 0 Å². The number of hydrogen-bond acceptors (Lipinski definition) is 8. The summed E-state index contributed by atoms with van der Waals surface area (Å²) in [6.07, 6.45) is 3.19. The van der Waals surface area contributed by atoms with Crippen LogP contribution in [0, 0.1) is 24.2 Å². The van der Waals surface area contributed by atoms with Crippen molar-refractivity contribution in [1.82, 2.24) is 9.47 Å². The molecule has 2 fully saturated rings. The third-order valence-corrected chi connectivity index (χ3v) is 7.25. The van der Waals surface area contributed by atoms with Crippen molar-refractivity contribution in [2.75, 3.05) is 24.6 Å². The summed E-state index contributed by atoms with van der Waals surface area (Å²) in [6.45, 7) is 8.63. The van der Waals surface area contributed by atoms with Crippen molar-refractivity contribution in [3.05, 3.63) is 31.9 Å². The maximum atomic E-state index is 13.0. The largest absolute Gasteiger partial charge is 0.466 e. The third-order valence-electron chi connectivity index (χ3n) is 5.92. The van der Waals surface area contributed by atoms with Gasteiger partial charge in [-0.3, -0.25) is 23.9 Å². The normalized spacial score (nSPS) is 20.0. The van der Waals surface area contributed by atoms with Crippen LogP contribution in [0.25, 0.3) is 6.08 Å². The van der Waals surface area contributed by atoms with Crippen LogP contribution in [0.3, 0.4) is 0 Å². The highest BCUT2D eigenvalue weighted by atomic mass is 32.2. The van der Waals surface area contributed by atoms with Gasteiger partial charge >= 0.3 is 5.97 Å². The number of hydrogen-bond donors (Lipinski definition) is 0. The summed E-state index contributed by atoms with van der Waals surface area (Å²) < 4.78 is 7.14. The zero-order valence-electron chi connectivity index (χ0n) is 19.5. The minimum Gasteiger partial charge on any atom is -0.466 e. The zero-order valence-corrected chi connectivity index (χ0v) is 21.1. The van der Waals surface area contributed by atoms with Gasteiger partial charge in [-0.1, -0.05) is 24.0 Å². The number of thioether (sulfide) groups is 1. The van der Waals surface area contributed by atoms with Crippen LogP contribution in [0.4, 0.5) is 5.82 Å². The van der Waals surface area contributed by atoms with Crippen molar-refractivity contribution in [3.63, 3.8) is 0 Å². The minimum atomic E-state index is -0.407. The number of carbonyl (C=O) groups excluding carboxylic acids is 2. The van der Waals surface area contributed by atoms with Gasteiger partial charge in [0.25, 0.3) is 11.5 Å². The van der Waals surface area contributed by atoms with E-state index in [0.29, 0.717) is 52.3 Å². The van der Waals surface area contributed by atoms with Gasteiger partial charge in [0.05, 0.1) is 17.4 Å². The topological polar surface area (TPSA) is 95.6 Å². The van der Waals surface area contributed by atoms with Gasteiger partial charge in [-0.15, -0.1) is 0 Å². The molecule has 176 valence electrons. The van der Waals surface area contributed by atoms with E-state index in [1.807, 2.05) is 24.8 Å². The number of piperidine rings is 1. The lowest BCUT2D eigenvalue weighted by atomic mass is 9.96. The van der Waals surface area contributed by atoms with Crippen LogP contribution < -0.4 is 10.5 Å². The first kappa shape index (κ1) is 25.0. The molecule has 2 saturated heterocycles. The first-order valence-corrected chi connectivity index (χ1v) is 12.2. The van der Waals surface area contributed by atoms with E-state index in [9.17, 15) is 19.6 Å². The van der Waals surface area contributed by atoms with E-state index >= 15 is 0 Å². The zero-order chi connectivity index (χ0) is 24.4. The standard InChI is InChI=1S/C23H28N4O4S2/c1-6-31-22(30)15-8-7-9-26(12-15)19-16(14(4)17(11-24)20(28)25(19)5)10-18-21(29)27(13(2)3)23(32)33-18/h10,13,15H,6-9,12H2,1-5H3/b18-10-. The Bertz CT molecular complexity index is 1130. The van der Waals surface area contributed by atoms with Crippen molar-refractivity contribution in [1.29, 1.82) is 5.26 Å². The number of pyridine rings is 1. The molecule has 1 unspecified atom stereocenters. The van der Waals surface area contributed by atoms with Crippen LogP contribution in [0.1, 0.15) is 50.3 Å². The van der Waals surface area contributed by atoms with Crippen molar-refractivity contribution in [2.24, 2.45) is 13.0 Å². The first-order chi connectivity index (χ1) is 15.6. The molecular formula is C23H28N4O4S2. The second-order valence-corrected chi connectivity index (χ2v) is 10.1. The summed E-state index contributed by atoms with van der Waals surface area (Å²) in [6, 6.07) is 1.93. The summed E-state index contributed by atoms with van der Waals surface area (Å²) >= 11 is 6.61. The Morgan fingerprint density at radius 2 is 2.09 bits per heavy atom. The SMILES string of the molecule is CCOC(=O)C1CCCN(c2c(/C=C3\SC(=S)N(C(C)C)C3=O)c(C)c(C#N)c(=O)n2C)C1. The summed E-state index contributed by atoms with van der Waals surface area (Å²) in [4.78, 5) is 42.4. The van der Waals surface area contributed by atoms with E-state index < -0.39 is 5.56 Å². The number of nitrogens with zero attached hydrogens (tertiary/aromatic N) is 4. The molecule has 2 aliphatic rings. The molecule has 33 heavy (non-hydrogen) atoms. The average molecular weight is 489 g/mol. The van der Waals surface area contributed by atoms with Crippen LogP contribution >= 0.6 is 24.0 Å². The van der Waals surface area contributed by atoms with E-state index in [1.54, 1.807) is 31.9 Å². The maximum Gasteiger partial charge on any atom is 0.310 e. The number of rotatable bonds is 5. The summed E-state index contributed by atoms with van der Waals surface area (Å²) in [7, 11) is 1.61. The van der Waals surface area contributed by atoms with Gasteiger partial charge in [0.2, 0.25) is 0 Å². The maximum absolute atomic E-state index is 13.0. The van der Waals surface area contributed by atoms with Gasteiger partial charge < -0.3 is 9.64 Å². The van der Waals surface area contributed by atoms with Crippen LogP contribution in [-0.4, -0.2) is 51.4 Å². The molecule has 0 radical (unpaired) electrons. The van der Waals surface area contributed by atoms with Crippen molar-refractivity contribution >= 4 is 52.1 Å². The number of thiocarbonyl (C=S) groups is 1. The Labute approximate surface area is 203 Å². The fourth-order valence-electron chi connectivity index (χ4n) is 4.27. The Morgan fingerprint density at radius 1 is 1.39 bits per heavy atom. The number of nitriles is 1. The minimum absolute atomic E-state index is 0.0331. The van der Waals surface area contributed by atoms with E-state index in [0.717, 1.165) is 6.42 Å². The van der Waals surface area contributed by atoms with Gasteiger partial charge in [0, 0.05) is 31.7 Å². The number of esters is 1. The highest BCUT2D eigenvalue weighted by Crippen LogP contribution is 2.37. The van der Waals surface area contributed by atoms with Crippen LogP contribution in [0.5, 0.6) is 0 Å². The fraction of sp³-hybridized carbons (Fsp3) is 0.522. The smallest absolute Gasteiger partial charge is 0.310 e. The van der Waals surface area contributed by atoms with E-state index in [4.69, 9.17) is 17.0 Å². The molecule has 10 heteroatoms.